The number of carbonyl (C=O) groups excluding carboxylic acids is 1. The normalized spacial score (nSPS) is 12.7. The summed E-state index contributed by atoms with van der Waals surface area (Å²) >= 11 is 0. The Morgan fingerprint density at radius 3 is 2.65 bits per heavy atom. The van der Waals surface area contributed by atoms with Crippen molar-refractivity contribution in [2.75, 3.05) is 11.9 Å². The van der Waals surface area contributed by atoms with E-state index in [2.05, 4.69) is 10.6 Å². The van der Waals surface area contributed by atoms with Crippen molar-refractivity contribution in [3.05, 3.63) is 29.6 Å². The van der Waals surface area contributed by atoms with Crippen LogP contribution in [0.5, 0.6) is 0 Å². The molecule has 20 heavy (non-hydrogen) atoms. The molecule has 0 saturated carbocycles. The smallest absolute Gasteiger partial charge is 0.407 e. The number of rotatable bonds is 4. The van der Waals surface area contributed by atoms with Gasteiger partial charge < -0.3 is 15.4 Å². The number of hydrogen-bond donors (Lipinski definition) is 2. The summed E-state index contributed by atoms with van der Waals surface area (Å²) in [6.45, 7) is 9.44. The van der Waals surface area contributed by atoms with E-state index >= 15 is 0 Å². The molecule has 0 aliphatic rings. The maximum absolute atomic E-state index is 13.4. The maximum Gasteiger partial charge on any atom is 0.407 e. The van der Waals surface area contributed by atoms with Gasteiger partial charge in [-0.3, -0.25) is 0 Å². The highest BCUT2D eigenvalue weighted by molar-refractivity contribution is 5.67. The highest BCUT2D eigenvalue weighted by Crippen LogP contribution is 2.18. The van der Waals surface area contributed by atoms with Crippen LogP contribution in [-0.2, 0) is 4.74 Å². The van der Waals surface area contributed by atoms with Gasteiger partial charge in [0.1, 0.15) is 11.4 Å². The maximum atomic E-state index is 13.4. The minimum atomic E-state index is -0.514. The summed E-state index contributed by atoms with van der Waals surface area (Å²) in [5.74, 6) is -0.248. The number of alkyl carbamates (subject to hydrolysis) is 1. The van der Waals surface area contributed by atoms with Gasteiger partial charge in [0.2, 0.25) is 0 Å². The van der Waals surface area contributed by atoms with Crippen LogP contribution < -0.4 is 10.6 Å². The van der Waals surface area contributed by atoms with E-state index in [4.69, 9.17) is 4.74 Å². The van der Waals surface area contributed by atoms with Crippen molar-refractivity contribution in [1.29, 1.82) is 0 Å². The molecule has 0 fully saturated rings. The van der Waals surface area contributed by atoms with Gasteiger partial charge in [0.15, 0.2) is 0 Å². The molecule has 0 saturated heterocycles. The summed E-state index contributed by atoms with van der Waals surface area (Å²) in [7, 11) is 0. The van der Waals surface area contributed by atoms with Crippen LogP contribution in [0.2, 0.25) is 0 Å². The van der Waals surface area contributed by atoms with Gasteiger partial charge in [0.05, 0.1) is 0 Å². The SMILES string of the molecule is Cc1c(F)cccc1NC(C)CNC(=O)OC(C)(C)C. The van der Waals surface area contributed by atoms with Gasteiger partial charge in [-0.1, -0.05) is 6.07 Å². The predicted octanol–water partition coefficient (Wildman–Crippen LogP) is 3.46. The van der Waals surface area contributed by atoms with Gasteiger partial charge in [-0.15, -0.1) is 0 Å². The molecule has 112 valence electrons. The lowest BCUT2D eigenvalue weighted by atomic mass is 10.1. The van der Waals surface area contributed by atoms with Crippen LogP contribution in [-0.4, -0.2) is 24.3 Å². The van der Waals surface area contributed by atoms with E-state index in [0.717, 1.165) is 5.69 Å². The predicted molar refractivity (Wildman–Crippen MR) is 78.5 cm³/mol. The van der Waals surface area contributed by atoms with Crippen LogP contribution >= 0.6 is 0 Å². The highest BCUT2D eigenvalue weighted by atomic mass is 19.1. The zero-order valence-corrected chi connectivity index (χ0v) is 12.7. The first kappa shape index (κ1) is 16.3. The van der Waals surface area contributed by atoms with Crippen molar-refractivity contribution in [2.24, 2.45) is 0 Å². The number of hydrogen-bond acceptors (Lipinski definition) is 3. The lowest BCUT2D eigenvalue weighted by Crippen LogP contribution is -2.38. The Morgan fingerprint density at radius 2 is 2.05 bits per heavy atom. The van der Waals surface area contributed by atoms with E-state index in [0.29, 0.717) is 12.1 Å². The van der Waals surface area contributed by atoms with Gasteiger partial charge in [-0.2, -0.15) is 0 Å². The quantitative estimate of drug-likeness (QED) is 0.889. The highest BCUT2D eigenvalue weighted by Gasteiger charge is 2.16. The second kappa shape index (κ2) is 6.59. The molecule has 0 bridgehead atoms. The molecule has 1 atom stereocenters. The van der Waals surface area contributed by atoms with Crippen molar-refractivity contribution < 1.29 is 13.9 Å². The molecule has 1 aromatic rings. The molecule has 1 aromatic carbocycles. The minimum absolute atomic E-state index is 0.0389. The van der Waals surface area contributed by atoms with Crippen LogP contribution in [0, 0.1) is 12.7 Å². The number of nitrogens with one attached hydrogen (secondary N) is 2. The summed E-state index contributed by atoms with van der Waals surface area (Å²) in [4.78, 5) is 11.5. The van der Waals surface area contributed by atoms with E-state index in [1.54, 1.807) is 13.0 Å². The standard InChI is InChI=1S/C15H23FN2O2/c1-10(9-17-14(19)20-15(3,4)5)18-13-8-6-7-12(16)11(13)2/h6-8,10,18H,9H2,1-5H3,(H,17,19). The monoisotopic (exact) mass is 282 g/mol. The van der Waals surface area contributed by atoms with Gasteiger partial charge in [0, 0.05) is 23.8 Å². The summed E-state index contributed by atoms with van der Waals surface area (Å²) in [6.07, 6.45) is -0.456. The Balaban J connectivity index is 2.46. The summed E-state index contributed by atoms with van der Waals surface area (Å²) in [6, 6.07) is 4.84. The van der Waals surface area contributed by atoms with Crippen LogP contribution in [0.4, 0.5) is 14.9 Å². The van der Waals surface area contributed by atoms with Crippen molar-refractivity contribution in [3.63, 3.8) is 0 Å². The second-order valence-electron chi connectivity index (χ2n) is 5.84. The number of amides is 1. The summed E-state index contributed by atoms with van der Waals surface area (Å²) in [5.41, 5.74) is 0.778. The van der Waals surface area contributed by atoms with Crippen LogP contribution in [0.3, 0.4) is 0 Å². The van der Waals surface area contributed by atoms with E-state index in [1.807, 2.05) is 33.8 Å². The first-order chi connectivity index (χ1) is 9.19. The Bertz CT molecular complexity index is 469. The number of benzene rings is 1. The van der Waals surface area contributed by atoms with Crippen LogP contribution in [0.15, 0.2) is 18.2 Å². The van der Waals surface area contributed by atoms with Crippen molar-refractivity contribution >= 4 is 11.8 Å². The Kier molecular flexibility index (Phi) is 5.36. The zero-order chi connectivity index (χ0) is 15.3. The molecule has 0 spiro atoms. The lowest BCUT2D eigenvalue weighted by molar-refractivity contribution is 0.0526. The van der Waals surface area contributed by atoms with Gasteiger partial charge in [-0.25, -0.2) is 9.18 Å². The van der Waals surface area contributed by atoms with Crippen LogP contribution in [0.1, 0.15) is 33.3 Å². The topological polar surface area (TPSA) is 50.4 Å². The Morgan fingerprint density at radius 1 is 1.40 bits per heavy atom. The third kappa shape index (κ3) is 5.47. The largest absolute Gasteiger partial charge is 0.444 e. The van der Waals surface area contributed by atoms with E-state index < -0.39 is 11.7 Å². The lowest BCUT2D eigenvalue weighted by Gasteiger charge is -2.22. The minimum Gasteiger partial charge on any atom is -0.444 e. The van der Waals surface area contributed by atoms with Gasteiger partial charge >= 0.3 is 6.09 Å². The Labute approximate surface area is 119 Å². The van der Waals surface area contributed by atoms with E-state index in [9.17, 15) is 9.18 Å². The van der Waals surface area contributed by atoms with Crippen molar-refractivity contribution in [1.82, 2.24) is 5.32 Å². The molecular weight excluding hydrogens is 259 g/mol. The molecule has 1 rings (SSSR count). The fraction of sp³-hybridized carbons (Fsp3) is 0.533. The molecule has 0 aliphatic heterocycles. The third-order valence-corrected chi connectivity index (χ3v) is 2.62. The molecule has 4 nitrogen and oxygen atoms in total. The van der Waals surface area contributed by atoms with E-state index in [1.165, 1.54) is 6.07 Å². The average molecular weight is 282 g/mol. The number of ether oxygens (including phenoxy) is 1. The van der Waals surface area contributed by atoms with E-state index in [-0.39, 0.29) is 11.9 Å². The molecule has 0 aliphatic carbocycles. The summed E-state index contributed by atoms with van der Waals surface area (Å²) in [5, 5.41) is 5.83. The molecule has 1 amide bonds. The molecule has 1 unspecified atom stereocenters. The number of carbonyl (C=O) groups is 1. The van der Waals surface area contributed by atoms with Crippen LogP contribution in [0.25, 0.3) is 0 Å². The summed E-state index contributed by atoms with van der Waals surface area (Å²) < 4.78 is 18.5. The third-order valence-electron chi connectivity index (χ3n) is 2.62. The molecule has 2 N–H and O–H groups in total. The molecule has 0 aromatic heterocycles. The second-order valence-corrected chi connectivity index (χ2v) is 5.84. The number of halogens is 1. The van der Waals surface area contributed by atoms with Crippen molar-refractivity contribution in [3.8, 4) is 0 Å². The molecule has 5 heteroatoms. The zero-order valence-electron chi connectivity index (χ0n) is 12.7. The molecule has 0 radical (unpaired) electrons. The Hall–Kier alpha value is -1.78. The fourth-order valence-electron chi connectivity index (χ4n) is 1.63. The first-order valence-corrected chi connectivity index (χ1v) is 6.67. The van der Waals surface area contributed by atoms with Crippen molar-refractivity contribution in [2.45, 2.75) is 46.3 Å². The van der Waals surface area contributed by atoms with Gasteiger partial charge in [-0.05, 0) is 46.8 Å². The number of anilines is 1. The molecule has 0 heterocycles. The first-order valence-electron chi connectivity index (χ1n) is 6.67. The van der Waals surface area contributed by atoms with Gasteiger partial charge in [0.25, 0.3) is 0 Å². The fourth-order valence-corrected chi connectivity index (χ4v) is 1.63. The average Bonchev–Trinajstić information content (AvgIpc) is 2.30. The molecular formula is C15H23FN2O2.